The molecule has 1 fully saturated rings. The zero-order valence-electron chi connectivity index (χ0n) is 17.7. The molecule has 1 saturated heterocycles. The smallest absolute Gasteiger partial charge is 0.254 e. The quantitative estimate of drug-likeness (QED) is 0.736. The second-order valence-electron chi connectivity index (χ2n) is 8.41. The first kappa shape index (κ1) is 22.4. The number of benzene rings is 1. The van der Waals surface area contributed by atoms with Crippen molar-refractivity contribution in [3.05, 3.63) is 46.8 Å². The van der Waals surface area contributed by atoms with Gasteiger partial charge in [-0.2, -0.15) is 9.40 Å². The molecule has 1 aliphatic heterocycles. The Bertz CT molecular complexity index is 1080. The number of halogens is 2. The minimum atomic E-state index is -3.79. The maximum atomic E-state index is 13.4. The largest absolute Gasteiger partial charge is 0.336 e. The average molecular weight is 441 g/mol. The Morgan fingerprint density at radius 3 is 2.13 bits per heavy atom. The fourth-order valence-corrected chi connectivity index (χ4v) is 5.50. The third-order valence-electron chi connectivity index (χ3n) is 5.15. The van der Waals surface area contributed by atoms with Gasteiger partial charge in [-0.25, -0.2) is 17.2 Å². The van der Waals surface area contributed by atoms with Crippen molar-refractivity contribution in [2.45, 2.75) is 45.1 Å². The molecule has 0 N–H and O–H groups in total. The minimum absolute atomic E-state index is 0.0309. The lowest BCUT2D eigenvalue weighted by atomic mass is 10.1. The highest BCUT2D eigenvalue weighted by Gasteiger charge is 2.35. The lowest BCUT2D eigenvalue weighted by molar-refractivity contribution is 0.0697. The number of carbonyl (C=O) groups excluding carboxylic acids is 1. The molecule has 3 rings (SSSR count). The average Bonchev–Trinajstić information content (AvgIpc) is 2.98. The van der Waals surface area contributed by atoms with Crippen molar-refractivity contribution < 1.29 is 22.0 Å². The molecule has 1 aliphatic rings. The van der Waals surface area contributed by atoms with Gasteiger partial charge in [0.2, 0.25) is 10.0 Å². The van der Waals surface area contributed by atoms with Crippen LogP contribution in [0.25, 0.3) is 0 Å². The third kappa shape index (κ3) is 3.98. The SMILES string of the molecule is Cc1nn(C(C)(C)C)c(C)c1S(=O)(=O)N1CCN(C(=O)c2ccc(F)c(F)c2)CC1. The van der Waals surface area contributed by atoms with Crippen LogP contribution in [0.4, 0.5) is 8.78 Å². The lowest BCUT2D eigenvalue weighted by Gasteiger charge is -2.34. The Morgan fingerprint density at radius 1 is 1.03 bits per heavy atom. The molecule has 30 heavy (non-hydrogen) atoms. The molecule has 1 aromatic carbocycles. The van der Waals surface area contributed by atoms with Crippen LogP contribution in [-0.4, -0.2) is 59.5 Å². The van der Waals surface area contributed by atoms with Crippen molar-refractivity contribution in [1.29, 1.82) is 0 Å². The van der Waals surface area contributed by atoms with Crippen molar-refractivity contribution in [2.24, 2.45) is 0 Å². The summed E-state index contributed by atoms with van der Waals surface area (Å²) < 4.78 is 56.1. The number of rotatable bonds is 3. The molecule has 0 aliphatic carbocycles. The zero-order chi connectivity index (χ0) is 22.4. The predicted molar refractivity (Wildman–Crippen MR) is 108 cm³/mol. The van der Waals surface area contributed by atoms with E-state index in [1.807, 2.05) is 20.8 Å². The zero-order valence-corrected chi connectivity index (χ0v) is 18.6. The first-order valence-electron chi connectivity index (χ1n) is 9.65. The van der Waals surface area contributed by atoms with Gasteiger partial charge in [-0.05, 0) is 52.8 Å². The number of piperazine rings is 1. The predicted octanol–water partition coefficient (Wildman–Crippen LogP) is 2.68. The van der Waals surface area contributed by atoms with E-state index >= 15 is 0 Å². The fraction of sp³-hybridized carbons (Fsp3) is 0.500. The summed E-state index contributed by atoms with van der Waals surface area (Å²) in [5.74, 6) is -2.58. The number of sulfonamides is 1. The van der Waals surface area contributed by atoms with Crippen LogP contribution < -0.4 is 0 Å². The summed E-state index contributed by atoms with van der Waals surface area (Å²) in [5, 5.41) is 4.42. The number of hydrogen-bond acceptors (Lipinski definition) is 4. The maximum Gasteiger partial charge on any atom is 0.254 e. The monoisotopic (exact) mass is 440 g/mol. The number of carbonyl (C=O) groups is 1. The van der Waals surface area contributed by atoms with Crippen molar-refractivity contribution >= 4 is 15.9 Å². The van der Waals surface area contributed by atoms with E-state index in [4.69, 9.17) is 0 Å². The molecule has 0 atom stereocenters. The Labute approximate surface area is 175 Å². The molecule has 0 radical (unpaired) electrons. The van der Waals surface area contributed by atoms with E-state index in [0.29, 0.717) is 11.4 Å². The molecule has 164 valence electrons. The van der Waals surface area contributed by atoms with Crippen LogP contribution in [0.3, 0.4) is 0 Å². The standard InChI is InChI=1S/C20H26F2N4O3S/c1-13-18(14(2)26(23-13)20(3,4)5)30(28,29)25-10-8-24(9-11-25)19(27)15-6-7-16(21)17(22)12-15/h6-7,12H,8-11H2,1-5H3. The van der Waals surface area contributed by atoms with Gasteiger partial charge in [-0.3, -0.25) is 9.48 Å². The van der Waals surface area contributed by atoms with E-state index in [1.54, 1.807) is 18.5 Å². The summed E-state index contributed by atoms with van der Waals surface area (Å²) in [7, 11) is -3.79. The Kier molecular flexibility index (Phi) is 5.76. The topological polar surface area (TPSA) is 75.5 Å². The summed E-state index contributed by atoms with van der Waals surface area (Å²) in [4.78, 5) is 14.2. The van der Waals surface area contributed by atoms with E-state index in [-0.39, 0.29) is 42.2 Å². The van der Waals surface area contributed by atoms with Crippen molar-refractivity contribution in [2.75, 3.05) is 26.2 Å². The maximum absolute atomic E-state index is 13.4. The van der Waals surface area contributed by atoms with E-state index in [0.717, 1.165) is 12.1 Å². The van der Waals surface area contributed by atoms with Crippen LogP contribution in [0.15, 0.2) is 23.1 Å². The van der Waals surface area contributed by atoms with Gasteiger partial charge in [-0.1, -0.05) is 0 Å². The summed E-state index contributed by atoms with van der Waals surface area (Å²) in [6.07, 6.45) is 0. The van der Waals surface area contributed by atoms with E-state index in [1.165, 1.54) is 15.3 Å². The molecule has 10 heteroatoms. The van der Waals surface area contributed by atoms with Crippen LogP contribution in [0.2, 0.25) is 0 Å². The van der Waals surface area contributed by atoms with Gasteiger partial charge in [-0.15, -0.1) is 0 Å². The molecular weight excluding hydrogens is 414 g/mol. The minimum Gasteiger partial charge on any atom is -0.336 e. The van der Waals surface area contributed by atoms with E-state index < -0.39 is 27.6 Å². The van der Waals surface area contributed by atoms with Crippen molar-refractivity contribution in [1.82, 2.24) is 19.0 Å². The van der Waals surface area contributed by atoms with Crippen LogP contribution in [-0.2, 0) is 15.6 Å². The number of aryl methyl sites for hydroxylation is 1. The van der Waals surface area contributed by atoms with Crippen LogP contribution in [0, 0.1) is 25.5 Å². The van der Waals surface area contributed by atoms with Gasteiger partial charge in [0.05, 0.1) is 16.9 Å². The summed E-state index contributed by atoms with van der Waals surface area (Å²) in [6.45, 7) is 9.79. The lowest BCUT2D eigenvalue weighted by Crippen LogP contribution is -2.50. The molecule has 2 heterocycles. The van der Waals surface area contributed by atoms with Crippen LogP contribution >= 0.6 is 0 Å². The summed E-state index contributed by atoms with van der Waals surface area (Å²) in [6, 6.07) is 2.98. The highest BCUT2D eigenvalue weighted by atomic mass is 32.2. The molecule has 0 saturated carbocycles. The second kappa shape index (κ2) is 7.73. The Morgan fingerprint density at radius 2 is 1.63 bits per heavy atom. The number of amides is 1. The van der Waals surface area contributed by atoms with Gasteiger partial charge in [0.1, 0.15) is 4.90 Å². The Balaban J connectivity index is 1.78. The van der Waals surface area contributed by atoms with Gasteiger partial charge in [0, 0.05) is 31.7 Å². The summed E-state index contributed by atoms with van der Waals surface area (Å²) >= 11 is 0. The van der Waals surface area contributed by atoms with Gasteiger partial charge < -0.3 is 4.90 Å². The molecule has 2 aromatic rings. The van der Waals surface area contributed by atoms with E-state index in [9.17, 15) is 22.0 Å². The third-order valence-corrected chi connectivity index (χ3v) is 7.30. The molecule has 1 aromatic heterocycles. The van der Waals surface area contributed by atoms with Gasteiger partial charge in [0.25, 0.3) is 5.91 Å². The normalized spacial score (nSPS) is 16.2. The highest BCUT2D eigenvalue weighted by molar-refractivity contribution is 7.89. The molecule has 1 amide bonds. The Hall–Kier alpha value is -2.33. The molecule has 7 nitrogen and oxygen atoms in total. The number of nitrogens with zero attached hydrogens (tertiary/aromatic N) is 4. The first-order chi connectivity index (χ1) is 13.8. The highest BCUT2D eigenvalue weighted by Crippen LogP contribution is 2.28. The molecular formula is C20H26F2N4O3S. The molecule has 0 bridgehead atoms. The van der Waals surface area contributed by atoms with Crippen molar-refractivity contribution in [3.63, 3.8) is 0 Å². The van der Waals surface area contributed by atoms with E-state index in [2.05, 4.69) is 5.10 Å². The fourth-order valence-electron chi connectivity index (χ4n) is 3.73. The number of aromatic nitrogens is 2. The van der Waals surface area contributed by atoms with Crippen molar-refractivity contribution in [3.8, 4) is 0 Å². The summed E-state index contributed by atoms with van der Waals surface area (Å²) in [5.41, 5.74) is 0.671. The first-order valence-corrected chi connectivity index (χ1v) is 11.1. The van der Waals surface area contributed by atoms with Gasteiger partial charge in [0.15, 0.2) is 11.6 Å². The number of hydrogen-bond donors (Lipinski definition) is 0. The van der Waals surface area contributed by atoms with Crippen LogP contribution in [0.5, 0.6) is 0 Å². The second-order valence-corrected chi connectivity index (χ2v) is 10.3. The molecule has 0 spiro atoms. The molecule has 0 unspecified atom stereocenters. The van der Waals surface area contributed by atoms with Gasteiger partial charge >= 0.3 is 0 Å². The van der Waals surface area contributed by atoms with Crippen LogP contribution in [0.1, 0.15) is 42.5 Å².